The highest BCUT2D eigenvalue weighted by Crippen LogP contribution is 2.28. The maximum atomic E-state index is 12.9. The second kappa shape index (κ2) is 8.71. The van der Waals surface area contributed by atoms with Gasteiger partial charge in [0.1, 0.15) is 6.54 Å². The average Bonchev–Trinajstić information content (AvgIpc) is 3.13. The van der Waals surface area contributed by atoms with Crippen molar-refractivity contribution in [3.63, 3.8) is 0 Å². The molecule has 0 radical (unpaired) electrons. The topological polar surface area (TPSA) is 64.0 Å². The van der Waals surface area contributed by atoms with Crippen LogP contribution in [-0.2, 0) is 11.3 Å². The molecule has 1 fully saturated rings. The standard InChI is InChI=1S/C24H27N3O4/c1-17-14-18-6-4-5-7-20(18)27(17)16-23(28)25-10-12-26(13-11-25)24(29)19-8-9-21(30-2)22(15-19)31-3/h4-9,14-15H,10-13,16H2,1-3H3. The van der Waals surface area contributed by atoms with E-state index in [1.54, 1.807) is 37.3 Å². The van der Waals surface area contributed by atoms with Gasteiger partial charge in [0.15, 0.2) is 11.5 Å². The molecule has 0 unspecified atom stereocenters. The molecule has 2 heterocycles. The number of ether oxygens (including phenoxy) is 2. The first kappa shape index (κ1) is 20.8. The quantitative estimate of drug-likeness (QED) is 0.636. The molecule has 1 saturated heterocycles. The number of amides is 2. The molecule has 7 heteroatoms. The number of piperazine rings is 1. The number of para-hydroxylation sites is 1. The molecule has 0 N–H and O–H groups in total. The number of carbonyl (C=O) groups is 2. The SMILES string of the molecule is COc1ccc(C(=O)N2CCN(C(=O)Cn3c(C)cc4ccccc43)CC2)cc1OC. The fourth-order valence-corrected chi connectivity index (χ4v) is 4.10. The van der Waals surface area contributed by atoms with E-state index in [9.17, 15) is 9.59 Å². The number of hydrogen-bond acceptors (Lipinski definition) is 4. The van der Waals surface area contributed by atoms with Crippen molar-refractivity contribution >= 4 is 22.7 Å². The van der Waals surface area contributed by atoms with Crippen LogP contribution >= 0.6 is 0 Å². The molecule has 3 aromatic rings. The summed E-state index contributed by atoms with van der Waals surface area (Å²) < 4.78 is 12.6. The molecule has 0 bridgehead atoms. The predicted octanol–water partition coefficient (Wildman–Crippen LogP) is 2.95. The molecule has 31 heavy (non-hydrogen) atoms. The van der Waals surface area contributed by atoms with E-state index in [1.165, 1.54) is 0 Å². The summed E-state index contributed by atoms with van der Waals surface area (Å²) in [6, 6.07) is 15.3. The Hall–Kier alpha value is -3.48. The van der Waals surface area contributed by atoms with Crippen LogP contribution in [-0.4, -0.2) is 66.6 Å². The fourth-order valence-electron chi connectivity index (χ4n) is 4.10. The van der Waals surface area contributed by atoms with Gasteiger partial charge in [-0.1, -0.05) is 18.2 Å². The molecule has 7 nitrogen and oxygen atoms in total. The van der Waals surface area contributed by atoms with Crippen LogP contribution in [0.2, 0.25) is 0 Å². The number of methoxy groups -OCH3 is 2. The average molecular weight is 421 g/mol. The summed E-state index contributed by atoms with van der Waals surface area (Å²) in [5.74, 6) is 1.11. The molecular formula is C24H27N3O4. The second-order valence-corrected chi connectivity index (χ2v) is 7.67. The lowest BCUT2D eigenvalue weighted by Crippen LogP contribution is -2.51. The van der Waals surface area contributed by atoms with Gasteiger partial charge in [-0.25, -0.2) is 0 Å². The Morgan fingerprint density at radius 3 is 2.26 bits per heavy atom. The molecule has 2 amide bonds. The summed E-state index contributed by atoms with van der Waals surface area (Å²) >= 11 is 0. The molecular weight excluding hydrogens is 394 g/mol. The Bertz CT molecular complexity index is 1110. The van der Waals surface area contributed by atoms with Gasteiger partial charge in [0.25, 0.3) is 5.91 Å². The van der Waals surface area contributed by atoms with Crippen LogP contribution in [0.25, 0.3) is 10.9 Å². The Morgan fingerprint density at radius 2 is 1.55 bits per heavy atom. The first-order chi connectivity index (χ1) is 15.0. The molecule has 0 aliphatic carbocycles. The van der Waals surface area contributed by atoms with E-state index in [0.717, 1.165) is 16.6 Å². The number of aromatic nitrogens is 1. The van der Waals surface area contributed by atoms with Crippen molar-refractivity contribution in [2.24, 2.45) is 0 Å². The van der Waals surface area contributed by atoms with Crippen molar-refractivity contribution in [1.29, 1.82) is 0 Å². The van der Waals surface area contributed by atoms with Crippen molar-refractivity contribution in [3.05, 3.63) is 59.8 Å². The smallest absolute Gasteiger partial charge is 0.254 e. The van der Waals surface area contributed by atoms with Gasteiger partial charge in [0.05, 0.1) is 14.2 Å². The second-order valence-electron chi connectivity index (χ2n) is 7.67. The van der Waals surface area contributed by atoms with E-state index in [2.05, 4.69) is 16.7 Å². The summed E-state index contributed by atoms with van der Waals surface area (Å²) in [7, 11) is 3.11. The van der Waals surface area contributed by atoms with Crippen molar-refractivity contribution in [1.82, 2.24) is 14.4 Å². The third kappa shape index (κ3) is 4.08. The minimum Gasteiger partial charge on any atom is -0.493 e. The molecule has 0 atom stereocenters. The van der Waals surface area contributed by atoms with E-state index in [-0.39, 0.29) is 11.8 Å². The van der Waals surface area contributed by atoms with Crippen LogP contribution in [0.4, 0.5) is 0 Å². The minimum absolute atomic E-state index is 0.0692. The van der Waals surface area contributed by atoms with Gasteiger partial charge < -0.3 is 23.8 Å². The molecule has 1 aromatic heterocycles. The van der Waals surface area contributed by atoms with Crippen LogP contribution in [0.5, 0.6) is 11.5 Å². The minimum atomic E-state index is -0.0692. The number of nitrogens with zero attached hydrogens (tertiary/aromatic N) is 3. The number of aryl methyl sites for hydroxylation is 1. The lowest BCUT2D eigenvalue weighted by Gasteiger charge is -2.35. The fraction of sp³-hybridized carbons (Fsp3) is 0.333. The maximum absolute atomic E-state index is 12.9. The molecule has 4 rings (SSSR count). The van der Waals surface area contributed by atoms with Gasteiger partial charge in [0.2, 0.25) is 5.91 Å². The van der Waals surface area contributed by atoms with E-state index in [1.807, 2.05) is 30.0 Å². The normalized spacial score (nSPS) is 14.0. The molecule has 0 spiro atoms. The van der Waals surface area contributed by atoms with Gasteiger partial charge in [-0.15, -0.1) is 0 Å². The van der Waals surface area contributed by atoms with Gasteiger partial charge in [0, 0.05) is 43.0 Å². The lowest BCUT2D eigenvalue weighted by molar-refractivity contribution is -0.133. The zero-order chi connectivity index (χ0) is 22.0. The first-order valence-electron chi connectivity index (χ1n) is 10.4. The van der Waals surface area contributed by atoms with Crippen molar-refractivity contribution in [2.75, 3.05) is 40.4 Å². The third-order valence-electron chi connectivity index (χ3n) is 5.86. The van der Waals surface area contributed by atoms with E-state index in [0.29, 0.717) is 49.8 Å². The summed E-state index contributed by atoms with van der Waals surface area (Å²) in [5, 5.41) is 1.14. The molecule has 1 aliphatic heterocycles. The Morgan fingerprint density at radius 1 is 0.871 bits per heavy atom. The number of hydrogen-bond donors (Lipinski definition) is 0. The highest BCUT2D eigenvalue weighted by atomic mass is 16.5. The van der Waals surface area contributed by atoms with Gasteiger partial charge >= 0.3 is 0 Å². The number of rotatable bonds is 5. The van der Waals surface area contributed by atoms with Crippen LogP contribution < -0.4 is 9.47 Å². The molecule has 1 aliphatic rings. The first-order valence-corrected chi connectivity index (χ1v) is 10.4. The van der Waals surface area contributed by atoms with Gasteiger partial charge in [-0.05, 0) is 42.6 Å². The summed E-state index contributed by atoms with van der Waals surface area (Å²) in [4.78, 5) is 29.5. The Kier molecular flexibility index (Phi) is 5.84. The molecule has 2 aromatic carbocycles. The third-order valence-corrected chi connectivity index (χ3v) is 5.86. The zero-order valence-corrected chi connectivity index (χ0v) is 18.1. The summed E-state index contributed by atoms with van der Waals surface area (Å²) in [6.45, 7) is 4.39. The summed E-state index contributed by atoms with van der Waals surface area (Å²) in [6.07, 6.45) is 0. The molecule has 0 saturated carbocycles. The van der Waals surface area contributed by atoms with Crippen LogP contribution in [0, 0.1) is 6.92 Å². The van der Waals surface area contributed by atoms with Gasteiger partial charge in [-0.3, -0.25) is 9.59 Å². The van der Waals surface area contributed by atoms with Crippen molar-refractivity contribution in [3.8, 4) is 11.5 Å². The lowest BCUT2D eigenvalue weighted by atomic mass is 10.1. The highest BCUT2D eigenvalue weighted by molar-refractivity contribution is 5.95. The number of benzene rings is 2. The largest absolute Gasteiger partial charge is 0.493 e. The number of carbonyl (C=O) groups excluding carboxylic acids is 2. The predicted molar refractivity (Wildman–Crippen MR) is 119 cm³/mol. The van der Waals surface area contributed by atoms with Crippen LogP contribution in [0.1, 0.15) is 16.1 Å². The Balaban J connectivity index is 1.39. The monoisotopic (exact) mass is 421 g/mol. The highest BCUT2D eigenvalue weighted by Gasteiger charge is 2.26. The van der Waals surface area contributed by atoms with Crippen molar-refractivity contribution < 1.29 is 19.1 Å². The molecule has 162 valence electrons. The van der Waals surface area contributed by atoms with Crippen molar-refractivity contribution in [2.45, 2.75) is 13.5 Å². The van der Waals surface area contributed by atoms with E-state index < -0.39 is 0 Å². The van der Waals surface area contributed by atoms with Crippen LogP contribution in [0.3, 0.4) is 0 Å². The van der Waals surface area contributed by atoms with E-state index >= 15 is 0 Å². The van der Waals surface area contributed by atoms with Gasteiger partial charge in [-0.2, -0.15) is 0 Å². The zero-order valence-electron chi connectivity index (χ0n) is 18.1. The Labute approximate surface area is 181 Å². The maximum Gasteiger partial charge on any atom is 0.254 e. The number of fused-ring (bicyclic) bond motifs is 1. The summed E-state index contributed by atoms with van der Waals surface area (Å²) in [5.41, 5.74) is 2.68. The van der Waals surface area contributed by atoms with Crippen LogP contribution in [0.15, 0.2) is 48.5 Å². The van der Waals surface area contributed by atoms with E-state index in [4.69, 9.17) is 9.47 Å².